The molecule has 0 amide bonds. The summed E-state index contributed by atoms with van der Waals surface area (Å²) in [5.41, 5.74) is 2.68. The van der Waals surface area contributed by atoms with Crippen molar-refractivity contribution >= 4 is 11.4 Å². The van der Waals surface area contributed by atoms with Crippen molar-refractivity contribution in [3.63, 3.8) is 0 Å². The molecule has 0 bridgehead atoms. The molecule has 0 atom stereocenters. The second kappa shape index (κ2) is 6.72. The van der Waals surface area contributed by atoms with Gasteiger partial charge in [-0.1, -0.05) is 6.07 Å². The highest BCUT2D eigenvalue weighted by atomic mass is 16.5. The van der Waals surface area contributed by atoms with E-state index in [1.165, 1.54) is 10.8 Å². The van der Waals surface area contributed by atoms with Crippen molar-refractivity contribution in [3.05, 3.63) is 78.3 Å². The van der Waals surface area contributed by atoms with Crippen LogP contribution < -0.4 is 4.74 Å². The van der Waals surface area contributed by atoms with Crippen LogP contribution in [0, 0.1) is 6.92 Å². The molecular weight excluding hydrogens is 330 g/mol. The molecule has 4 heterocycles. The van der Waals surface area contributed by atoms with Crippen molar-refractivity contribution in [2.45, 2.75) is 13.3 Å². The Bertz CT molecular complexity index is 1060. The number of ether oxygens (including phenoxy) is 1. The molecule has 0 fully saturated rings. The molecule has 0 saturated heterocycles. The van der Waals surface area contributed by atoms with Crippen LogP contribution in [0.15, 0.2) is 61.4 Å². The molecule has 7 nitrogen and oxygen atoms in total. The van der Waals surface area contributed by atoms with Crippen molar-refractivity contribution in [2.75, 3.05) is 0 Å². The first-order valence-electron chi connectivity index (χ1n) is 8.05. The van der Waals surface area contributed by atoms with Crippen molar-refractivity contribution in [3.8, 4) is 11.5 Å². The molecule has 0 aliphatic carbocycles. The lowest BCUT2D eigenvalue weighted by Gasteiger charge is -2.08. The number of carbonyl (C=O) groups excluding carboxylic acids is 1. The molecule has 4 aromatic heterocycles. The van der Waals surface area contributed by atoms with E-state index in [0.717, 1.165) is 5.56 Å². The van der Waals surface area contributed by atoms with E-state index in [-0.39, 0.29) is 12.2 Å². The molecule has 0 aliphatic heterocycles. The number of nitrogens with zero attached hydrogens (tertiary/aromatic N) is 5. The summed E-state index contributed by atoms with van der Waals surface area (Å²) in [7, 11) is 0. The first kappa shape index (κ1) is 15.9. The van der Waals surface area contributed by atoms with Crippen LogP contribution >= 0.6 is 0 Å². The van der Waals surface area contributed by atoms with E-state index in [1.54, 1.807) is 43.0 Å². The van der Waals surface area contributed by atoms with Crippen LogP contribution in [-0.4, -0.2) is 30.3 Å². The van der Waals surface area contributed by atoms with Gasteiger partial charge in [0.2, 0.25) is 0 Å². The van der Waals surface area contributed by atoms with Gasteiger partial charge in [0, 0.05) is 18.1 Å². The summed E-state index contributed by atoms with van der Waals surface area (Å²) in [6.07, 6.45) is 8.27. The molecule has 0 saturated carbocycles. The molecule has 0 aromatic carbocycles. The van der Waals surface area contributed by atoms with Gasteiger partial charge in [-0.25, -0.2) is 9.50 Å². The molecule has 128 valence electrons. The van der Waals surface area contributed by atoms with Gasteiger partial charge in [-0.2, -0.15) is 5.10 Å². The van der Waals surface area contributed by atoms with Gasteiger partial charge in [-0.15, -0.1) is 0 Å². The van der Waals surface area contributed by atoms with E-state index in [0.29, 0.717) is 28.4 Å². The average molecular weight is 345 g/mol. The summed E-state index contributed by atoms with van der Waals surface area (Å²) < 4.78 is 7.32. The molecule has 7 heteroatoms. The maximum atomic E-state index is 12.8. The van der Waals surface area contributed by atoms with Gasteiger partial charge in [0.25, 0.3) is 0 Å². The van der Waals surface area contributed by atoms with Crippen LogP contribution in [0.5, 0.6) is 11.5 Å². The molecule has 0 N–H and O–H groups in total. The van der Waals surface area contributed by atoms with Crippen LogP contribution in [0.25, 0.3) is 5.65 Å². The minimum absolute atomic E-state index is 0.101. The highest BCUT2D eigenvalue weighted by Crippen LogP contribution is 2.24. The number of carbonyl (C=O) groups is 1. The summed E-state index contributed by atoms with van der Waals surface area (Å²) in [6, 6.07) is 9.02. The van der Waals surface area contributed by atoms with Crippen LogP contribution in [0.4, 0.5) is 0 Å². The number of Topliss-reactive ketones (excluding diaryl/α,β-unsaturated/α-hetero) is 1. The lowest BCUT2D eigenvalue weighted by Crippen LogP contribution is -2.08. The number of ketones is 1. The Morgan fingerprint density at radius 1 is 1.15 bits per heavy atom. The predicted octanol–water partition coefficient (Wildman–Crippen LogP) is 3.05. The van der Waals surface area contributed by atoms with Crippen molar-refractivity contribution in [1.29, 1.82) is 0 Å². The zero-order chi connectivity index (χ0) is 17.9. The predicted molar refractivity (Wildman–Crippen MR) is 94.3 cm³/mol. The number of aromatic nitrogens is 5. The summed E-state index contributed by atoms with van der Waals surface area (Å²) in [4.78, 5) is 25.3. The largest absolute Gasteiger partial charge is 0.454 e. The zero-order valence-electron chi connectivity index (χ0n) is 14.0. The van der Waals surface area contributed by atoms with Gasteiger partial charge in [0.05, 0.1) is 24.4 Å². The number of rotatable bonds is 5. The van der Waals surface area contributed by atoms with Gasteiger partial charge >= 0.3 is 0 Å². The number of fused-ring (bicyclic) bond motifs is 1. The molecule has 0 spiro atoms. The van der Waals surface area contributed by atoms with Gasteiger partial charge < -0.3 is 4.74 Å². The summed E-state index contributed by atoms with van der Waals surface area (Å²) >= 11 is 0. The Labute approximate surface area is 149 Å². The monoisotopic (exact) mass is 345 g/mol. The second-order valence-corrected chi connectivity index (χ2v) is 5.84. The highest BCUT2D eigenvalue weighted by molar-refractivity contribution is 6.02. The standard InChI is InChI=1S/C19H15N5O2/c1-13-4-5-14(21-9-13)7-18(25)17-8-16(11-24-19(17)22-12-23-24)26-15-3-2-6-20-10-15/h2-6,8-12H,7H2,1H3. The van der Waals surface area contributed by atoms with Gasteiger partial charge in [0.15, 0.2) is 11.4 Å². The van der Waals surface area contributed by atoms with Crippen LogP contribution in [0.2, 0.25) is 0 Å². The summed E-state index contributed by atoms with van der Waals surface area (Å²) in [6.45, 7) is 1.96. The van der Waals surface area contributed by atoms with Crippen molar-refractivity contribution < 1.29 is 9.53 Å². The minimum atomic E-state index is -0.101. The highest BCUT2D eigenvalue weighted by Gasteiger charge is 2.16. The Balaban J connectivity index is 1.67. The number of hydrogen-bond acceptors (Lipinski definition) is 6. The lowest BCUT2D eigenvalue weighted by molar-refractivity contribution is 0.0992. The van der Waals surface area contributed by atoms with E-state index < -0.39 is 0 Å². The molecule has 0 unspecified atom stereocenters. The van der Waals surface area contributed by atoms with Crippen LogP contribution in [0.1, 0.15) is 21.6 Å². The van der Waals surface area contributed by atoms with E-state index in [4.69, 9.17) is 4.74 Å². The average Bonchev–Trinajstić information content (AvgIpc) is 3.12. The molecule has 0 aliphatic rings. The first-order chi connectivity index (χ1) is 12.7. The Morgan fingerprint density at radius 3 is 2.85 bits per heavy atom. The quantitative estimate of drug-likeness (QED) is 0.517. The minimum Gasteiger partial charge on any atom is -0.454 e. The van der Waals surface area contributed by atoms with Crippen LogP contribution in [0.3, 0.4) is 0 Å². The van der Waals surface area contributed by atoms with Gasteiger partial charge in [-0.05, 0) is 36.8 Å². The smallest absolute Gasteiger partial charge is 0.172 e. The number of pyridine rings is 3. The van der Waals surface area contributed by atoms with Gasteiger partial charge in [-0.3, -0.25) is 14.8 Å². The Morgan fingerprint density at radius 2 is 2.08 bits per heavy atom. The first-order valence-corrected chi connectivity index (χ1v) is 8.05. The molecule has 4 rings (SSSR count). The normalized spacial score (nSPS) is 10.8. The third-order valence-electron chi connectivity index (χ3n) is 3.83. The maximum Gasteiger partial charge on any atom is 0.172 e. The summed E-state index contributed by atoms with van der Waals surface area (Å²) in [5, 5.41) is 4.12. The molecule has 4 aromatic rings. The number of aryl methyl sites for hydroxylation is 1. The zero-order valence-corrected chi connectivity index (χ0v) is 14.0. The van der Waals surface area contributed by atoms with E-state index in [1.807, 2.05) is 19.1 Å². The third-order valence-corrected chi connectivity index (χ3v) is 3.83. The Kier molecular flexibility index (Phi) is 4.10. The summed E-state index contributed by atoms with van der Waals surface area (Å²) in [5.74, 6) is 0.956. The van der Waals surface area contributed by atoms with Crippen LogP contribution in [-0.2, 0) is 6.42 Å². The second-order valence-electron chi connectivity index (χ2n) is 5.84. The van der Waals surface area contributed by atoms with Crippen molar-refractivity contribution in [1.82, 2.24) is 24.6 Å². The van der Waals surface area contributed by atoms with Crippen molar-refractivity contribution in [2.24, 2.45) is 0 Å². The fourth-order valence-electron chi connectivity index (χ4n) is 2.57. The molecule has 0 radical (unpaired) electrons. The van der Waals surface area contributed by atoms with E-state index in [2.05, 4.69) is 20.1 Å². The molecular formula is C19H15N5O2. The number of hydrogen-bond donors (Lipinski definition) is 0. The van der Waals surface area contributed by atoms with E-state index in [9.17, 15) is 4.79 Å². The topological polar surface area (TPSA) is 82.3 Å². The maximum absolute atomic E-state index is 12.8. The fourth-order valence-corrected chi connectivity index (χ4v) is 2.57. The van der Waals surface area contributed by atoms with Gasteiger partial charge in [0.1, 0.15) is 17.8 Å². The molecule has 26 heavy (non-hydrogen) atoms. The third kappa shape index (κ3) is 3.27. The van der Waals surface area contributed by atoms with E-state index >= 15 is 0 Å². The lowest BCUT2D eigenvalue weighted by atomic mass is 10.1. The fraction of sp³-hybridized carbons (Fsp3) is 0.105. The SMILES string of the molecule is Cc1ccc(CC(=O)c2cc(Oc3cccnc3)cn3ncnc23)nc1. The Hall–Kier alpha value is -3.61.